The zero-order chi connectivity index (χ0) is 15.2. The Bertz CT molecular complexity index is 527. The van der Waals surface area contributed by atoms with Gasteiger partial charge >= 0.3 is 6.18 Å². The second-order valence-corrected chi connectivity index (χ2v) is 6.18. The van der Waals surface area contributed by atoms with Crippen molar-refractivity contribution in [3.05, 3.63) is 34.9 Å². The summed E-state index contributed by atoms with van der Waals surface area (Å²) in [4.78, 5) is 2.35. The highest BCUT2D eigenvalue weighted by atomic mass is 19.4. The average molecular weight is 299 g/mol. The van der Waals surface area contributed by atoms with Crippen molar-refractivity contribution in [2.75, 3.05) is 6.54 Å². The summed E-state index contributed by atoms with van der Waals surface area (Å²) in [5, 5.41) is 0. The quantitative estimate of drug-likeness (QED) is 0.772. The Labute approximate surface area is 122 Å². The molecule has 0 aliphatic carbocycles. The smallest absolute Gasteiger partial charge is 0.372 e. The van der Waals surface area contributed by atoms with Crippen molar-refractivity contribution in [3.8, 4) is 0 Å². The second-order valence-electron chi connectivity index (χ2n) is 6.18. The van der Waals surface area contributed by atoms with Crippen LogP contribution in [0.5, 0.6) is 0 Å². The molecule has 0 spiro atoms. The van der Waals surface area contributed by atoms with Gasteiger partial charge in [-0.3, -0.25) is 4.90 Å². The standard InChI is InChI=1S/C16H20F3NO/c1-10(2)20-7-3-4-14-15(20)13-6-5-12(16(17,18)19)8-11(13)9-21-14/h5-6,8,10,14-15H,3-4,7,9H2,1-2H3. The first kappa shape index (κ1) is 14.9. The minimum atomic E-state index is -4.30. The largest absolute Gasteiger partial charge is 0.416 e. The van der Waals surface area contributed by atoms with Gasteiger partial charge in [-0.1, -0.05) is 6.07 Å². The Kier molecular flexibility index (Phi) is 3.74. The Balaban J connectivity index is 2.00. The van der Waals surface area contributed by atoms with Crippen LogP contribution in [0.25, 0.3) is 0 Å². The SMILES string of the molecule is CC(C)N1CCCC2OCc3cc(C(F)(F)F)ccc3C21. The summed E-state index contributed by atoms with van der Waals surface area (Å²) in [6.45, 7) is 5.51. The molecule has 0 bridgehead atoms. The average Bonchev–Trinajstić information content (AvgIpc) is 2.44. The third-order valence-corrected chi connectivity index (χ3v) is 4.52. The van der Waals surface area contributed by atoms with E-state index in [9.17, 15) is 13.2 Å². The predicted molar refractivity (Wildman–Crippen MR) is 73.8 cm³/mol. The van der Waals surface area contributed by atoms with Gasteiger partial charge < -0.3 is 4.74 Å². The molecule has 5 heteroatoms. The van der Waals surface area contributed by atoms with Gasteiger partial charge in [0.1, 0.15) is 0 Å². The number of hydrogen-bond acceptors (Lipinski definition) is 2. The molecule has 2 nitrogen and oxygen atoms in total. The number of likely N-dealkylation sites (tertiary alicyclic amines) is 1. The lowest BCUT2D eigenvalue weighted by Gasteiger charge is -2.46. The molecular weight excluding hydrogens is 279 g/mol. The lowest BCUT2D eigenvalue weighted by Crippen LogP contribution is -2.48. The van der Waals surface area contributed by atoms with E-state index < -0.39 is 11.7 Å². The number of benzene rings is 1. The summed E-state index contributed by atoms with van der Waals surface area (Å²) in [7, 11) is 0. The summed E-state index contributed by atoms with van der Waals surface area (Å²) >= 11 is 0. The van der Waals surface area contributed by atoms with E-state index in [0.717, 1.165) is 24.9 Å². The van der Waals surface area contributed by atoms with Crippen molar-refractivity contribution in [1.82, 2.24) is 4.90 Å². The molecule has 1 aromatic rings. The number of hydrogen-bond donors (Lipinski definition) is 0. The Hall–Kier alpha value is -1.07. The van der Waals surface area contributed by atoms with Gasteiger partial charge in [0.15, 0.2) is 0 Å². The van der Waals surface area contributed by atoms with E-state index in [4.69, 9.17) is 4.74 Å². The summed E-state index contributed by atoms with van der Waals surface area (Å²) < 4.78 is 44.4. The highest BCUT2D eigenvalue weighted by Crippen LogP contribution is 2.42. The van der Waals surface area contributed by atoms with E-state index in [1.54, 1.807) is 6.07 Å². The molecule has 1 fully saturated rings. The molecule has 116 valence electrons. The van der Waals surface area contributed by atoms with Gasteiger partial charge in [-0.05, 0) is 56.5 Å². The molecule has 2 heterocycles. The highest BCUT2D eigenvalue weighted by Gasteiger charge is 2.40. The molecule has 2 aliphatic rings. The van der Waals surface area contributed by atoms with E-state index in [-0.39, 0.29) is 18.8 Å². The number of fused-ring (bicyclic) bond motifs is 3. The van der Waals surface area contributed by atoms with Crippen LogP contribution in [0.3, 0.4) is 0 Å². The van der Waals surface area contributed by atoms with Crippen molar-refractivity contribution in [2.24, 2.45) is 0 Å². The molecule has 2 atom stereocenters. The van der Waals surface area contributed by atoms with Gasteiger partial charge in [0.05, 0.1) is 24.3 Å². The van der Waals surface area contributed by atoms with Crippen molar-refractivity contribution >= 4 is 0 Å². The number of rotatable bonds is 1. The van der Waals surface area contributed by atoms with Crippen LogP contribution in [0.4, 0.5) is 13.2 Å². The van der Waals surface area contributed by atoms with Crippen molar-refractivity contribution in [1.29, 1.82) is 0 Å². The topological polar surface area (TPSA) is 12.5 Å². The molecule has 0 radical (unpaired) electrons. The van der Waals surface area contributed by atoms with Crippen LogP contribution >= 0.6 is 0 Å². The normalized spacial score (nSPS) is 26.6. The number of alkyl halides is 3. The first-order valence-corrected chi connectivity index (χ1v) is 7.45. The fourth-order valence-electron chi connectivity index (χ4n) is 3.51. The molecule has 3 rings (SSSR count). The van der Waals surface area contributed by atoms with Crippen LogP contribution in [0.15, 0.2) is 18.2 Å². The lowest BCUT2D eigenvalue weighted by atomic mass is 9.86. The Morgan fingerprint density at radius 1 is 1.29 bits per heavy atom. The molecule has 21 heavy (non-hydrogen) atoms. The molecule has 0 N–H and O–H groups in total. The summed E-state index contributed by atoms with van der Waals surface area (Å²) in [5.41, 5.74) is 1.10. The molecule has 0 aromatic heterocycles. The first-order chi connectivity index (χ1) is 9.88. The Morgan fingerprint density at radius 3 is 2.71 bits per heavy atom. The molecular formula is C16H20F3NO. The van der Waals surface area contributed by atoms with Crippen LogP contribution in [0, 0.1) is 0 Å². The monoisotopic (exact) mass is 299 g/mol. The van der Waals surface area contributed by atoms with Crippen LogP contribution < -0.4 is 0 Å². The van der Waals surface area contributed by atoms with E-state index >= 15 is 0 Å². The number of piperidine rings is 1. The minimum absolute atomic E-state index is 0.0878. The fraction of sp³-hybridized carbons (Fsp3) is 0.625. The van der Waals surface area contributed by atoms with E-state index in [0.29, 0.717) is 11.6 Å². The molecule has 2 unspecified atom stereocenters. The van der Waals surface area contributed by atoms with Gasteiger partial charge in [-0.15, -0.1) is 0 Å². The lowest BCUT2D eigenvalue weighted by molar-refractivity contribution is -0.137. The molecule has 0 amide bonds. The van der Waals surface area contributed by atoms with Gasteiger partial charge in [-0.2, -0.15) is 13.2 Å². The maximum absolute atomic E-state index is 12.8. The first-order valence-electron chi connectivity index (χ1n) is 7.45. The number of halogens is 3. The third kappa shape index (κ3) is 2.69. The second kappa shape index (κ2) is 5.29. The summed E-state index contributed by atoms with van der Waals surface area (Å²) in [6.07, 6.45) is -2.13. The van der Waals surface area contributed by atoms with E-state index in [1.807, 2.05) is 0 Å². The summed E-state index contributed by atoms with van der Waals surface area (Å²) in [5.74, 6) is 0. The van der Waals surface area contributed by atoms with Crippen LogP contribution in [0.1, 0.15) is 49.4 Å². The molecule has 1 saturated heterocycles. The number of ether oxygens (including phenoxy) is 1. The van der Waals surface area contributed by atoms with E-state index in [1.165, 1.54) is 12.1 Å². The highest BCUT2D eigenvalue weighted by molar-refractivity contribution is 5.37. The van der Waals surface area contributed by atoms with Gasteiger partial charge in [0.25, 0.3) is 0 Å². The van der Waals surface area contributed by atoms with Crippen molar-refractivity contribution in [2.45, 2.75) is 57.7 Å². The van der Waals surface area contributed by atoms with E-state index in [2.05, 4.69) is 18.7 Å². The third-order valence-electron chi connectivity index (χ3n) is 4.52. The van der Waals surface area contributed by atoms with Gasteiger partial charge in [0, 0.05) is 6.04 Å². The van der Waals surface area contributed by atoms with Gasteiger partial charge in [0.2, 0.25) is 0 Å². The van der Waals surface area contributed by atoms with Crippen molar-refractivity contribution < 1.29 is 17.9 Å². The Morgan fingerprint density at radius 2 is 2.05 bits per heavy atom. The molecule has 2 aliphatic heterocycles. The molecule has 0 saturated carbocycles. The van der Waals surface area contributed by atoms with Crippen LogP contribution in [-0.2, 0) is 17.5 Å². The van der Waals surface area contributed by atoms with Crippen molar-refractivity contribution in [3.63, 3.8) is 0 Å². The zero-order valence-corrected chi connectivity index (χ0v) is 12.3. The zero-order valence-electron chi connectivity index (χ0n) is 12.3. The fourth-order valence-corrected chi connectivity index (χ4v) is 3.51. The van der Waals surface area contributed by atoms with Gasteiger partial charge in [-0.25, -0.2) is 0 Å². The van der Waals surface area contributed by atoms with Crippen LogP contribution in [0.2, 0.25) is 0 Å². The maximum atomic E-state index is 12.8. The summed E-state index contributed by atoms with van der Waals surface area (Å²) in [6, 6.07) is 4.55. The molecule has 1 aromatic carbocycles. The number of nitrogens with zero attached hydrogens (tertiary/aromatic N) is 1. The maximum Gasteiger partial charge on any atom is 0.416 e. The van der Waals surface area contributed by atoms with Crippen LogP contribution in [-0.4, -0.2) is 23.6 Å². The minimum Gasteiger partial charge on any atom is -0.372 e. The predicted octanol–water partition coefficient (Wildman–Crippen LogP) is 4.15.